The summed E-state index contributed by atoms with van der Waals surface area (Å²) in [7, 11) is 0. The Morgan fingerprint density at radius 3 is 2.52 bits per heavy atom. The van der Waals surface area contributed by atoms with Crippen LogP contribution in [0.15, 0.2) is 60.3 Å². The Labute approximate surface area is 147 Å². The summed E-state index contributed by atoms with van der Waals surface area (Å²) in [5.74, 6) is -1.64. The van der Waals surface area contributed by atoms with Gasteiger partial charge in [0.25, 0.3) is 0 Å². The van der Waals surface area contributed by atoms with Crippen molar-refractivity contribution in [2.75, 3.05) is 0 Å². The lowest BCUT2D eigenvalue weighted by atomic mass is 10.2. The SMILES string of the molecule is C=CCn1c(SCc2cccc(F)c2F)nnc1-c1ccccc1F. The predicted octanol–water partition coefficient (Wildman–Crippen LogP) is 4.84. The lowest BCUT2D eigenvalue weighted by Crippen LogP contribution is -2.02. The van der Waals surface area contributed by atoms with E-state index >= 15 is 0 Å². The summed E-state index contributed by atoms with van der Waals surface area (Å²) in [6.07, 6.45) is 1.64. The van der Waals surface area contributed by atoms with Crippen molar-refractivity contribution in [3.63, 3.8) is 0 Å². The molecule has 0 fully saturated rings. The van der Waals surface area contributed by atoms with Crippen molar-refractivity contribution in [2.45, 2.75) is 17.5 Å². The molecular formula is C18H14F3N3S. The summed E-state index contributed by atoms with van der Waals surface area (Å²) in [6, 6.07) is 10.3. The molecule has 1 aromatic heterocycles. The van der Waals surface area contributed by atoms with Gasteiger partial charge in [0.1, 0.15) is 5.82 Å². The molecule has 0 bridgehead atoms. The number of nitrogens with zero attached hydrogens (tertiary/aromatic N) is 3. The van der Waals surface area contributed by atoms with Crippen molar-refractivity contribution in [3.05, 3.63) is 78.1 Å². The van der Waals surface area contributed by atoms with Gasteiger partial charge in [-0.3, -0.25) is 4.57 Å². The van der Waals surface area contributed by atoms with Gasteiger partial charge in [-0.05, 0) is 18.2 Å². The van der Waals surface area contributed by atoms with E-state index < -0.39 is 17.5 Å². The molecule has 0 aliphatic rings. The molecular weight excluding hydrogens is 347 g/mol. The number of allylic oxidation sites excluding steroid dienone is 1. The van der Waals surface area contributed by atoms with E-state index in [-0.39, 0.29) is 11.3 Å². The van der Waals surface area contributed by atoms with E-state index in [1.54, 1.807) is 28.8 Å². The number of aromatic nitrogens is 3. The largest absolute Gasteiger partial charge is 0.298 e. The Morgan fingerprint density at radius 1 is 1.00 bits per heavy atom. The molecule has 0 aliphatic heterocycles. The number of rotatable bonds is 6. The zero-order chi connectivity index (χ0) is 17.8. The summed E-state index contributed by atoms with van der Waals surface area (Å²) in [5, 5.41) is 8.59. The van der Waals surface area contributed by atoms with Gasteiger partial charge in [-0.25, -0.2) is 13.2 Å². The second-order valence-corrected chi connectivity index (χ2v) is 6.13. The summed E-state index contributed by atoms with van der Waals surface area (Å²) >= 11 is 1.20. The summed E-state index contributed by atoms with van der Waals surface area (Å²) < 4.78 is 42.8. The highest BCUT2D eigenvalue weighted by atomic mass is 32.2. The first-order chi connectivity index (χ1) is 12.1. The molecule has 2 aromatic carbocycles. The average molecular weight is 361 g/mol. The van der Waals surface area contributed by atoms with E-state index in [0.717, 1.165) is 6.07 Å². The monoisotopic (exact) mass is 361 g/mol. The molecule has 25 heavy (non-hydrogen) atoms. The van der Waals surface area contributed by atoms with Gasteiger partial charge in [-0.2, -0.15) is 0 Å². The van der Waals surface area contributed by atoms with Crippen LogP contribution in [0.3, 0.4) is 0 Å². The van der Waals surface area contributed by atoms with Gasteiger partial charge in [0, 0.05) is 17.9 Å². The molecule has 0 atom stereocenters. The maximum atomic E-state index is 14.0. The Bertz CT molecular complexity index is 908. The van der Waals surface area contributed by atoms with E-state index in [9.17, 15) is 13.2 Å². The minimum Gasteiger partial charge on any atom is -0.298 e. The predicted molar refractivity (Wildman–Crippen MR) is 91.5 cm³/mol. The second-order valence-electron chi connectivity index (χ2n) is 5.19. The smallest absolute Gasteiger partial charge is 0.192 e. The second kappa shape index (κ2) is 7.57. The van der Waals surface area contributed by atoms with E-state index in [1.807, 2.05) is 0 Å². The van der Waals surface area contributed by atoms with E-state index in [4.69, 9.17) is 0 Å². The molecule has 128 valence electrons. The molecule has 0 aliphatic carbocycles. The van der Waals surface area contributed by atoms with Crippen LogP contribution in [0.5, 0.6) is 0 Å². The molecule has 0 spiro atoms. The highest BCUT2D eigenvalue weighted by Gasteiger charge is 2.17. The molecule has 0 amide bonds. The lowest BCUT2D eigenvalue weighted by Gasteiger charge is -2.08. The molecule has 0 saturated carbocycles. The number of benzene rings is 2. The van der Waals surface area contributed by atoms with Crippen LogP contribution in [0.25, 0.3) is 11.4 Å². The van der Waals surface area contributed by atoms with Crippen LogP contribution in [-0.2, 0) is 12.3 Å². The number of thioether (sulfide) groups is 1. The Kier molecular flexibility index (Phi) is 5.23. The fourth-order valence-corrected chi connectivity index (χ4v) is 3.26. The third-order valence-corrected chi connectivity index (χ3v) is 4.55. The Balaban J connectivity index is 1.91. The molecule has 3 rings (SSSR count). The number of hydrogen-bond donors (Lipinski definition) is 0. The molecule has 7 heteroatoms. The topological polar surface area (TPSA) is 30.7 Å². The summed E-state index contributed by atoms with van der Waals surface area (Å²) in [6.45, 7) is 4.05. The highest BCUT2D eigenvalue weighted by Crippen LogP contribution is 2.28. The van der Waals surface area contributed by atoms with Crippen LogP contribution in [-0.4, -0.2) is 14.8 Å². The minimum atomic E-state index is -0.891. The molecule has 3 nitrogen and oxygen atoms in total. The zero-order valence-corrected chi connectivity index (χ0v) is 13.9. The maximum absolute atomic E-state index is 14.0. The fraction of sp³-hybridized carbons (Fsp3) is 0.111. The van der Waals surface area contributed by atoms with Crippen molar-refractivity contribution in [1.82, 2.24) is 14.8 Å². The van der Waals surface area contributed by atoms with Crippen LogP contribution < -0.4 is 0 Å². The van der Waals surface area contributed by atoms with E-state index in [2.05, 4.69) is 16.8 Å². The molecule has 0 radical (unpaired) electrons. The van der Waals surface area contributed by atoms with Crippen molar-refractivity contribution < 1.29 is 13.2 Å². The van der Waals surface area contributed by atoms with Gasteiger partial charge >= 0.3 is 0 Å². The molecule has 3 aromatic rings. The lowest BCUT2D eigenvalue weighted by molar-refractivity contribution is 0.502. The van der Waals surface area contributed by atoms with Crippen molar-refractivity contribution in [1.29, 1.82) is 0 Å². The first-order valence-electron chi connectivity index (χ1n) is 7.46. The van der Waals surface area contributed by atoms with Crippen LogP contribution in [0.2, 0.25) is 0 Å². The minimum absolute atomic E-state index is 0.177. The molecule has 0 N–H and O–H groups in total. The van der Waals surface area contributed by atoms with Gasteiger partial charge in [-0.15, -0.1) is 16.8 Å². The first-order valence-corrected chi connectivity index (χ1v) is 8.45. The molecule has 1 heterocycles. The Morgan fingerprint density at radius 2 is 1.76 bits per heavy atom. The van der Waals surface area contributed by atoms with Crippen molar-refractivity contribution >= 4 is 11.8 Å². The third-order valence-electron chi connectivity index (χ3n) is 3.53. The van der Waals surface area contributed by atoms with Gasteiger partial charge < -0.3 is 0 Å². The fourth-order valence-electron chi connectivity index (χ4n) is 2.33. The first kappa shape index (κ1) is 17.3. The summed E-state index contributed by atoms with van der Waals surface area (Å²) in [5.41, 5.74) is 0.547. The van der Waals surface area contributed by atoms with Crippen LogP contribution in [0, 0.1) is 17.5 Å². The third kappa shape index (κ3) is 3.61. The zero-order valence-electron chi connectivity index (χ0n) is 13.1. The van der Waals surface area contributed by atoms with E-state index in [0.29, 0.717) is 23.1 Å². The van der Waals surface area contributed by atoms with Crippen molar-refractivity contribution in [3.8, 4) is 11.4 Å². The van der Waals surface area contributed by atoms with Crippen LogP contribution in [0.4, 0.5) is 13.2 Å². The number of hydrogen-bond acceptors (Lipinski definition) is 3. The van der Waals surface area contributed by atoms with Crippen LogP contribution >= 0.6 is 11.8 Å². The maximum Gasteiger partial charge on any atom is 0.192 e. The van der Waals surface area contributed by atoms with Gasteiger partial charge in [-0.1, -0.05) is 42.1 Å². The average Bonchev–Trinajstić information content (AvgIpc) is 3.00. The Hall–Kier alpha value is -2.54. The van der Waals surface area contributed by atoms with Crippen LogP contribution in [0.1, 0.15) is 5.56 Å². The summed E-state index contributed by atoms with van der Waals surface area (Å²) in [4.78, 5) is 0. The standard InChI is InChI=1S/C18H14F3N3S/c1-2-10-24-17(13-7-3-4-8-14(13)19)22-23-18(24)25-11-12-6-5-9-15(20)16(12)21/h2-9H,1,10-11H2. The quantitative estimate of drug-likeness (QED) is 0.465. The highest BCUT2D eigenvalue weighted by molar-refractivity contribution is 7.98. The van der Waals surface area contributed by atoms with Gasteiger partial charge in [0.2, 0.25) is 0 Å². The van der Waals surface area contributed by atoms with Crippen molar-refractivity contribution in [2.24, 2.45) is 0 Å². The van der Waals surface area contributed by atoms with Gasteiger partial charge in [0.05, 0.1) is 5.56 Å². The van der Waals surface area contributed by atoms with Gasteiger partial charge in [0.15, 0.2) is 22.6 Å². The molecule has 0 unspecified atom stereocenters. The van der Waals surface area contributed by atoms with E-state index in [1.165, 1.54) is 30.0 Å². The normalized spacial score (nSPS) is 10.8. The number of halogens is 3. The molecule has 0 saturated heterocycles.